The second kappa shape index (κ2) is 5.68. The summed E-state index contributed by atoms with van der Waals surface area (Å²) in [6.45, 7) is 7.58. The Hall–Kier alpha value is -2.16. The number of benzene rings is 1. The molecule has 2 heterocycles. The zero-order valence-corrected chi connectivity index (χ0v) is 12.8. The SMILES string of the molecule is CCC[n+]1ccc(-c2nc3cc(C(C)C)ccc3o2)cc1. The summed E-state index contributed by atoms with van der Waals surface area (Å²) in [7, 11) is 0. The zero-order valence-electron chi connectivity index (χ0n) is 12.8. The molecule has 1 aromatic carbocycles. The monoisotopic (exact) mass is 281 g/mol. The fourth-order valence-electron chi connectivity index (χ4n) is 2.43. The largest absolute Gasteiger partial charge is 0.436 e. The van der Waals surface area contributed by atoms with Gasteiger partial charge in [0.25, 0.3) is 0 Å². The molecular weight excluding hydrogens is 260 g/mol. The van der Waals surface area contributed by atoms with Crippen molar-refractivity contribution >= 4 is 11.1 Å². The number of nitrogens with zero attached hydrogens (tertiary/aromatic N) is 2. The molecule has 2 aromatic heterocycles. The average molecular weight is 281 g/mol. The highest BCUT2D eigenvalue weighted by Crippen LogP contribution is 2.26. The van der Waals surface area contributed by atoms with Crippen LogP contribution < -0.4 is 4.57 Å². The Kier molecular flexibility index (Phi) is 3.74. The van der Waals surface area contributed by atoms with Crippen LogP contribution in [0.4, 0.5) is 0 Å². The van der Waals surface area contributed by atoms with E-state index < -0.39 is 0 Å². The maximum absolute atomic E-state index is 5.87. The first-order chi connectivity index (χ1) is 10.2. The van der Waals surface area contributed by atoms with E-state index in [1.54, 1.807) is 0 Å². The molecule has 0 aliphatic carbocycles. The van der Waals surface area contributed by atoms with Crippen LogP contribution in [-0.4, -0.2) is 4.98 Å². The van der Waals surface area contributed by atoms with Crippen LogP contribution in [-0.2, 0) is 6.54 Å². The smallest absolute Gasteiger partial charge is 0.227 e. The minimum absolute atomic E-state index is 0.499. The molecular formula is C18H21N2O+. The Labute approximate surface area is 125 Å². The summed E-state index contributed by atoms with van der Waals surface area (Å²) in [6.07, 6.45) is 5.28. The van der Waals surface area contributed by atoms with Crippen LogP contribution in [0.1, 0.15) is 38.7 Å². The van der Waals surface area contributed by atoms with Crippen molar-refractivity contribution in [2.75, 3.05) is 0 Å². The first-order valence-corrected chi connectivity index (χ1v) is 7.57. The van der Waals surface area contributed by atoms with Gasteiger partial charge in [0.2, 0.25) is 5.89 Å². The molecule has 3 aromatic rings. The number of pyridine rings is 1. The molecule has 0 aliphatic rings. The van der Waals surface area contributed by atoms with E-state index in [9.17, 15) is 0 Å². The lowest BCUT2D eigenvalue weighted by molar-refractivity contribution is -0.696. The minimum atomic E-state index is 0.499. The topological polar surface area (TPSA) is 29.9 Å². The number of aryl methyl sites for hydroxylation is 1. The van der Waals surface area contributed by atoms with E-state index in [1.807, 2.05) is 6.07 Å². The molecule has 0 unspecified atom stereocenters. The number of fused-ring (bicyclic) bond motifs is 1. The van der Waals surface area contributed by atoms with Crippen molar-refractivity contribution in [1.29, 1.82) is 0 Å². The van der Waals surface area contributed by atoms with Crippen LogP contribution >= 0.6 is 0 Å². The van der Waals surface area contributed by atoms with Gasteiger partial charge >= 0.3 is 0 Å². The number of rotatable bonds is 4. The minimum Gasteiger partial charge on any atom is -0.436 e. The van der Waals surface area contributed by atoms with Gasteiger partial charge in [-0.2, -0.15) is 0 Å². The summed E-state index contributed by atoms with van der Waals surface area (Å²) in [4.78, 5) is 4.63. The standard InChI is InChI=1S/C18H21N2O/c1-4-9-20-10-7-14(8-11-20)18-19-16-12-15(13(2)3)5-6-17(16)21-18/h5-8,10-13H,4,9H2,1-3H3/q+1. The van der Waals surface area contributed by atoms with Crippen LogP contribution in [0.2, 0.25) is 0 Å². The van der Waals surface area contributed by atoms with Crippen molar-refractivity contribution in [2.45, 2.75) is 39.7 Å². The van der Waals surface area contributed by atoms with Crippen molar-refractivity contribution in [3.63, 3.8) is 0 Å². The van der Waals surface area contributed by atoms with Crippen molar-refractivity contribution in [1.82, 2.24) is 4.98 Å². The molecule has 3 nitrogen and oxygen atoms in total. The Morgan fingerprint density at radius 2 is 1.90 bits per heavy atom. The highest BCUT2D eigenvalue weighted by Gasteiger charge is 2.11. The van der Waals surface area contributed by atoms with Gasteiger partial charge in [0.15, 0.2) is 18.0 Å². The summed E-state index contributed by atoms with van der Waals surface area (Å²) in [6, 6.07) is 10.4. The summed E-state index contributed by atoms with van der Waals surface area (Å²) in [5, 5.41) is 0. The molecule has 0 aliphatic heterocycles. The predicted octanol–water partition coefficient (Wildman–Crippen LogP) is 4.32. The van der Waals surface area contributed by atoms with Gasteiger partial charge in [0.05, 0.1) is 0 Å². The van der Waals surface area contributed by atoms with Gasteiger partial charge in [0, 0.05) is 24.1 Å². The molecule has 3 rings (SSSR count). The molecule has 0 fully saturated rings. The van der Waals surface area contributed by atoms with Gasteiger partial charge < -0.3 is 4.42 Å². The van der Waals surface area contributed by atoms with Gasteiger partial charge in [-0.25, -0.2) is 9.55 Å². The van der Waals surface area contributed by atoms with E-state index in [-0.39, 0.29) is 0 Å². The van der Waals surface area contributed by atoms with Gasteiger partial charge in [-0.15, -0.1) is 0 Å². The van der Waals surface area contributed by atoms with Crippen molar-refractivity contribution in [3.05, 3.63) is 48.3 Å². The highest BCUT2D eigenvalue weighted by molar-refractivity contribution is 5.76. The molecule has 0 N–H and O–H groups in total. The van der Waals surface area contributed by atoms with Crippen LogP contribution in [0.15, 0.2) is 47.1 Å². The average Bonchev–Trinajstić information content (AvgIpc) is 2.91. The first-order valence-electron chi connectivity index (χ1n) is 7.57. The molecule has 0 amide bonds. The maximum atomic E-state index is 5.87. The lowest BCUT2D eigenvalue weighted by Crippen LogP contribution is -2.31. The van der Waals surface area contributed by atoms with Crippen LogP contribution in [0, 0.1) is 0 Å². The normalized spacial score (nSPS) is 11.4. The van der Waals surface area contributed by atoms with E-state index in [0.29, 0.717) is 11.8 Å². The summed E-state index contributed by atoms with van der Waals surface area (Å²) >= 11 is 0. The van der Waals surface area contributed by atoms with Crippen LogP contribution in [0.25, 0.3) is 22.6 Å². The number of oxazole rings is 1. The molecule has 0 bridgehead atoms. The second-order valence-corrected chi connectivity index (χ2v) is 5.73. The zero-order chi connectivity index (χ0) is 14.8. The van der Waals surface area contributed by atoms with Crippen LogP contribution in [0.3, 0.4) is 0 Å². The maximum Gasteiger partial charge on any atom is 0.227 e. The molecule has 0 radical (unpaired) electrons. The molecule has 21 heavy (non-hydrogen) atoms. The fourth-order valence-corrected chi connectivity index (χ4v) is 2.43. The molecule has 108 valence electrons. The Balaban J connectivity index is 1.96. The first kappa shape index (κ1) is 13.8. The second-order valence-electron chi connectivity index (χ2n) is 5.73. The molecule has 3 heteroatoms. The van der Waals surface area contributed by atoms with E-state index in [2.05, 4.69) is 67.0 Å². The molecule has 0 spiro atoms. The van der Waals surface area contributed by atoms with Gasteiger partial charge in [0.1, 0.15) is 12.1 Å². The summed E-state index contributed by atoms with van der Waals surface area (Å²) < 4.78 is 8.04. The van der Waals surface area contributed by atoms with Crippen LogP contribution in [0.5, 0.6) is 0 Å². The lowest BCUT2D eigenvalue weighted by Gasteiger charge is -2.02. The third-order valence-corrected chi connectivity index (χ3v) is 3.70. The molecule has 0 saturated heterocycles. The van der Waals surface area contributed by atoms with E-state index in [4.69, 9.17) is 4.42 Å². The number of hydrogen-bond acceptors (Lipinski definition) is 2. The van der Waals surface area contributed by atoms with Gasteiger partial charge in [-0.1, -0.05) is 26.8 Å². The van der Waals surface area contributed by atoms with E-state index >= 15 is 0 Å². The van der Waals surface area contributed by atoms with Gasteiger partial charge in [-0.05, 0) is 23.6 Å². The lowest BCUT2D eigenvalue weighted by atomic mass is 10.0. The highest BCUT2D eigenvalue weighted by atomic mass is 16.3. The van der Waals surface area contributed by atoms with E-state index in [0.717, 1.165) is 29.6 Å². The molecule has 0 saturated carbocycles. The Morgan fingerprint density at radius 3 is 2.57 bits per heavy atom. The predicted molar refractivity (Wildman–Crippen MR) is 84.0 cm³/mol. The van der Waals surface area contributed by atoms with Crippen molar-refractivity contribution in [2.24, 2.45) is 0 Å². The number of hydrogen-bond donors (Lipinski definition) is 0. The third-order valence-electron chi connectivity index (χ3n) is 3.70. The fraction of sp³-hybridized carbons (Fsp3) is 0.333. The summed E-state index contributed by atoms with van der Waals surface area (Å²) in [5.74, 6) is 1.19. The van der Waals surface area contributed by atoms with Gasteiger partial charge in [-0.3, -0.25) is 0 Å². The van der Waals surface area contributed by atoms with E-state index in [1.165, 1.54) is 5.56 Å². The number of aromatic nitrogens is 2. The third kappa shape index (κ3) is 2.82. The van der Waals surface area contributed by atoms with Crippen molar-refractivity contribution in [3.8, 4) is 11.5 Å². The Bertz CT molecular complexity index is 742. The summed E-state index contributed by atoms with van der Waals surface area (Å²) in [5.41, 5.74) is 4.09. The quantitative estimate of drug-likeness (QED) is 0.667. The van der Waals surface area contributed by atoms with Crippen molar-refractivity contribution < 1.29 is 8.98 Å². The molecule has 0 atom stereocenters. The Morgan fingerprint density at radius 1 is 1.14 bits per heavy atom.